The average molecular weight is 481 g/mol. The van der Waals surface area contributed by atoms with E-state index in [0.717, 1.165) is 22.6 Å². The summed E-state index contributed by atoms with van der Waals surface area (Å²) in [6, 6.07) is 16.2. The second-order valence-corrected chi connectivity index (χ2v) is 8.61. The Kier molecular flexibility index (Phi) is 6.93. The zero-order chi connectivity index (χ0) is 24.2. The van der Waals surface area contributed by atoms with Gasteiger partial charge in [-0.05, 0) is 66.9 Å². The molecule has 0 bridgehead atoms. The molecule has 3 aromatic carbocycles. The number of carboxylic acid groups (broad SMARTS) is 1. The number of carbonyl (C=O) groups is 2. The third-order valence-corrected chi connectivity index (χ3v) is 5.83. The number of ether oxygens (including phenoxy) is 2. The monoisotopic (exact) mass is 480 g/mol. The summed E-state index contributed by atoms with van der Waals surface area (Å²) >= 11 is 6.22. The number of para-hydroxylation sites is 2. The number of rotatable bonds is 7. The molecule has 3 N–H and O–H groups in total. The van der Waals surface area contributed by atoms with Gasteiger partial charge in [-0.1, -0.05) is 29.8 Å². The first-order chi connectivity index (χ1) is 16.3. The number of nitrogens with one attached hydrogen (secondary N) is 2. The molecule has 0 unspecified atom stereocenters. The fourth-order valence-corrected chi connectivity index (χ4v) is 4.11. The van der Waals surface area contributed by atoms with Crippen LogP contribution in [0.1, 0.15) is 27.0 Å². The van der Waals surface area contributed by atoms with Crippen molar-refractivity contribution in [2.24, 2.45) is 0 Å². The van der Waals surface area contributed by atoms with Crippen molar-refractivity contribution in [3.63, 3.8) is 0 Å². The molecule has 8 heteroatoms. The lowest BCUT2D eigenvalue weighted by Crippen LogP contribution is -2.35. The average Bonchev–Trinajstić information content (AvgIpc) is 2.79. The fraction of sp³-hybridized carbons (Fsp3) is 0.231. The molecule has 0 radical (unpaired) electrons. The second-order valence-electron chi connectivity index (χ2n) is 8.20. The van der Waals surface area contributed by atoms with Crippen LogP contribution in [0.4, 0.5) is 11.4 Å². The van der Waals surface area contributed by atoms with Crippen LogP contribution in [0.3, 0.4) is 0 Å². The largest absolute Gasteiger partial charge is 0.490 e. The molecule has 1 aliphatic rings. The Balaban J connectivity index is 1.43. The summed E-state index contributed by atoms with van der Waals surface area (Å²) in [6.45, 7) is 4.67. The van der Waals surface area contributed by atoms with Gasteiger partial charge < -0.3 is 25.2 Å². The third-order valence-electron chi connectivity index (χ3n) is 5.50. The molecule has 0 spiro atoms. The number of fused-ring (bicyclic) bond motifs is 1. The molecule has 4 rings (SSSR count). The first-order valence-electron chi connectivity index (χ1n) is 10.9. The summed E-state index contributed by atoms with van der Waals surface area (Å²) in [5.41, 5.74) is 3.89. The highest BCUT2D eigenvalue weighted by Crippen LogP contribution is 2.30. The van der Waals surface area contributed by atoms with E-state index in [2.05, 4.69) is 10.6 Å². The lowest BCUT2D eigenvalue weighted by molar-refractivity contribution is -0.136. The maximum Gasteiger partial charge on any atom is 0.307 e. The minimum atomic E-state index is -0.958. The predicted molar refractivity (Wildman–Crippen MR) is 132 cm³/mol. The highest BCUT2D eigenvalue weighted by Gasteiger charge is 2.20. The van der Waals surface area contributed by atoms with Gasteiger partial charge in [0.2, 0.25) is 0 Å². The van der Waals surface area contributed by atoms with Gasteiger partial charge in [0.05, 0.1) is 29.4 Å². The standard InChI is InChI=1S/C26H25ClN2O5/c1-15-9-18(33-14-19-13-28-21-5-3-4-6-23(21)34-19)10-16(2)25(15)26(32)29-22-11-17(12-24(30)31)7-8-20(22)27/h3-11,19,28H,12-14H2,1-2H3,(H,29,32)(H,30,31)/t19-/m1/s1. The number of anilines is 2. The maximum atomic E-state index is 13.0. The summed E-state index contributed by atoms with van der Waals surface area (Å²) in [4.78, 5) is 24.0. The Morgan fingerprint density at radius 3 is 2.62 bits per heavy atom. The highest BCUT2D eigenvalue weighted by molar-refractivity contribution is 6.34. The van der Waals surface area contributed by atoms with Crippen molar-refractivity contribution < 1.29 is 24.2 Å². The SMILES string of the molecule is Cc1cc(OC[C@H]2CNc3ccccc3O2)cc(C)c1C(=O)Nc1cc(CC(=O)O)ccc1Cl. The van der Waals surface area contributed by atoms with Crippen LogP contribution in [0.2, 0.25) is 5.02 Å². The van der Waals surface area contributed by atoms with Gasteiger partial charge in [-0.15, -0.1) is 0 Å². The van der Waals surface area contributed by atoms with Crippen LogP contribution >= 0.6 is 11.6 Å². The van der Waals surface area contributed by atoms with E-state index in [-0.39, 0.29) is 18.4 Å². The van der Waals surface area contributed by atoms with Gasteiger partial charge in [0.25, 0.3) is 5.91 Å². The molecule has 3 aromatic rings. The van der Waals surface area contributed by atoms with Gasteiger partial charge in [0, 0.05) is 5.56 Å². The van der Waals surface area contributed by atoms with Gasteiger partial charge in [0.15, 0.2) is 0 Å². The minimum absolute atomic E-state index is 0.140. The molecule has 34 heavy (non-hydrogen) atoms. The van der Waals surface area contributed by atoms with Crippen LogP contribution in [0.5, 0.6) is 11.5 Å². The van der Waals surface area contributed by atoms with E-state index in [1.54, 1.807) is 18.2 Å². The Morgan fingerprint density at radius 1 is 1.15 bits per heavy atom. The van der Waals surface area contributed by atoms with E-state index in [1.165, 1.54) is 0 Å². The molecule has 1 amide bonds. The van der Waals surface area contributed by atoms with Crippen molar-refractivity contribution in [1.29, 1.82) is 0 Å². The van der Waals surface area contributed by atoms with Crippen LogP contribution in [0, 0.1) is 13.8 Å². The molecule has 0 aromatic heterocycles. The van der Waals surface area contributed by atoms with E-state index in [4.69, 9.17) is 26.2 Å². The topological polar surface area (TPSA) is 96.9 Å². The van der Waals surface area contributed by atoms with E-state index in [1.807, 2.05) is 50.2 Å². The van der Waals surface area contributed by atoms with Gasteiger partial charge in [0.1, 0.15) is 24.2 Å². The highest BCUT2D eigenvalue weighted by atomic mass is 35.5. The van der Waals surface area contributed by atoms with Crippen molar-refractivity contribution >= 4 is 34.9 Å². The minimum Gasteiger partial charge on any atom is -0.490 e. The van der Waals surface area contributed by atoms with Crippen LogP contribution in [-0.4, -0.2) is 36.2 Å². The van der Waals surface area contributed by atoms with Crippen LogP contribution in [0.25, 0.3) is 0 Å². The van der Waals surface area contributed by atoms with Crippen LogP contribution < -0.4 is 20.1 Å². The fourth-order valence-electron chi connectivity index (χ4n) is 3.95. The second kappa shape index (κ2) is 10.1. The molecule has 7 nitrogen and oxygen atoms in total. The molecule has 176 valence electrons. The lowest BCUT2D eigenvalue weighted by atomic mass is 10.0. The van der Waals surface area contributed by atoms with Crippen molar-refractivity contribution in [3.05, 3.63) is 81.9 Å². The maximum absolute atomic E-state index is 13.0. The number of hydrogen-bond donors (Lipinski definition) is 3. The van der Waals surface area contributed by atoms with Gasteiger partial charge >= 0.3 is 5.97 Å². The van der Waals surface area contributed by atoms with Gasteiger partial charge in [-0.2, -0.15) is 0 Å². The Bertz CT molecular complexity index is 1220. The van der Waals surface area contributed by atoms with Crippen molar-refractivity contribution in [2.45, 2.75) is 26.4 Å². The summed E-state index contributed by atoms with van der Waals surface area (Å²) in [5.74, 6) is 0.163. The number of carbonyl (C=O) groups excluding carboxylic acids is 1. The molecule has 1 atom stereocenters. The quantitative estimate of drug-likeness (QED) is 0.436. The number of benzene rings is 3. The van der Waals surface area contributed by atoms with E-state index < -0.39 is 5.97 Å². The first-order valence-corrected chi connectivity index (χ1v) is 11.2. The van der Waals surface area contributed by atoms with Gasteiger partial charge in [-0.3, -0.25) is 9.59 Å². The molecule has 1 heterocycles. The Morgan fingerprint density at radius 2 is 1.88 bits per heavy atom. The molecule has 0 saturated carbocycles. The molecule has 0 saturated heterocycles. The lowest BCUT2D eigenvalue weighted by Gasteiger charge is -2.27. The summed E-state index contributed by atoms with van der Waals surface area (Å²) in [7, 11) is 0. The number of carboxylic acids is 1. The molecule has 1 aliphatic heterocycles. The molecular formula is C26H25ClN2O5. The number of halogens is 1. The predicted octanol–water partition coefficient (Wildman–Crippen LogP) is 5.09. The Hall–Kier alpha value is -3.71. The first kappa shape index (κ1) is 23.4. The smallest absolute Gasteiger partial charge is 0.307 e. The van der Waals surface area contributed by atoms with E-state index in [9.17, 15) is 9.59 Å². The molecule has 0 aliphatic carbocycles. The summed E-state index contributed by atoms with van der Waals surface area (Å²) in [5, 5.41) is 15.5. The zero-order valence-corrected chi connectivity index (χ0v) is 19.6. The van der Waals surface area contributed by atoms with E-state index in [0.29, 0.717) is 40.7 Å². The number of aliphatic carboxylic acids is 1. The number of hydrogen-bond acceptors (Lipinski definition) is 5. The van der Waals surface area contributed by atoms with Crippen molar-refractivity contribution in [2.75, 3.05) is 23.8 Å². The van der Waals surface area contributed by atoms with Crippen LogP contribution in [-0.2, 0) is 11.2 Å². The Labute approximate surface area is 202 Å². The third kappa shape index (κ3) is 5.43. The van der Waals surface area contributed by atoms with Gasteiger partial charge in [-0.25, -0.2) is 0 Å². The zero-order valence-electron chi connectivity index (χ0n) is 18.9. The summed E-state index contributed by atoms with van der Waals surface area (Å²) in [6.07, 6.45) is -0.297. The molecular weight excluding hydrogens is 456 g/mol. The number of aryl methyl sites for hydroxylation is 2. The summed E-state index contributed by atoms with van der Waals surface area (Å²) < 4.78 is 12.0. The van der Waals surface area contributed by atoms with Crippen LogP contribution in [0.15, 0.2) is 54.6 Å². The normalized spacial score (nSPS) is 14.4. The van der Waals surface area contributed by atoms with Crippen molar-refractivity contribution in [1.82, 2.24) is 0 Å². The number of amides is 1. The molecule has 0 fully saturated rings. The van der Waals surface area contributed by atoms with Crippen molar-refractivity contribution in [3.8, 4) is 11.5 Å². The van der Waals surface area contributed by atoms with E-state index >= 15 is 0 Å².